The minimum atomic E-state index is -0.446. The second kappa shape index (κ2) is 33.4. The van der Waals surface area contributed by atoms with Crippen molar-refractivity contribution >= 4 is 106 Å². The van der Waals surface area contributed by atoms with E-state index in [2.05, 4.69) is 218 Å². The fourth-order valence-corrected chi connectivity index (χ4v) is 15.2. The van der Waals surface area contributed by atoms with Crippen molar-refractivity contribution in [3.8, 4) is 33.6 Å². The zero-order valence-electron chi connectivity index (χ0n) is 53.1. The third-order valence-corrected chi connectivity index (χ3v) is 21.2. The van der Waals surface area contributed by atoms with Crippen molar-refractivity contribution in [1.29, 1.82) is 0 Å². The van der Waals surface area contributed by atoms with Gasteiger partial charge in [-0.25, -0.2) is 0 Å². The molecule has 0 radical (unpaired) electrons. The molecular formula is C76H70BBrCl2N8O4P2Pd. The van der Waals surface area contributed by atoms with Gasteiger partial charge in [-0.3, -0.25) is 19.0 Å². The van der Waals surface area contributed by atoms with Crippen LogP contribution in [0.15, 0.2) is 318 Å². The van der Waals surface area contributed by atoms with Gasteiger partial charge in [0.1, 0.15) is 11.0 Å². The molecule has 15 rings (SSSR count). The van der Waals surface area contributed by atoms with Crippen molar-refractivity contribution in [2.24, 2.45) is 14.1 Å². The predicted molar refractivity (Wildman–Crippen MR) is 398 cm³/mol. The minimum Gasteiger partial charge on any atom is -0.0622 e. The molecule has 0 saturated carbocycles. The van der Waals surface area contributed by atoms with E-state index >= 15 is 0 Å². The third kappa shape index (κ3) is 18.4. The Balaban J connectivity index is 0.000000129. The summed E-state index contributed by atoms with van der Waals surface area (Å²) in [6, 6.07) is 87.9. The summed E-state index contributed by atoms with van der Waals surface area (Å²) in [6.45, 7) is 8.18. The number of halogens is 3. The van der Waals surface area contributed by atoms with Gasteiger partial charge in [0.15, 0.2) is 0 Å². The molecule has 6 aromatic heterocycles. The van der Waals surface area contributed by atoms with Gasteiger partial charge >= 0.3 is 42.1 Å². The van der Waals surface area contributed by atoms with Crippen molar-refractivity contribution in [3.05, 3.63) is 330 Å². The zero-order chi connectivity index (χ0) is 66.7. The van der Waals surface area contributed by atoms with Gasteiger partial charge in [-0.15, -0.1) is 0 Å². The maximum atomic E-state index is 12.0. The topological polar surface area (TPSA) is 129 Å². The van der Waals surface area contributed by atoms with Crippen LogP contribution in [0.5, 0.6) is 0 Å². The van der Waals surface area contributed by atoms with Crippen molar-refractivity contribution < 1.29 is 25.2 Å². The van der Waals surface area contributed by atoms with Crippen LogP contribution in [0.1, 0.15) is 27.7 Å². The Labute approximate surface area is 581 Å². The van der Waals surface area contributed by atoms with Crippen LogP contribution >= 0.6 is 50.8 Å². The molecule has 0 unspecified atom stereocenters. The molecule has 19 heteroatoms. The van der Waals surface area contributed by atoms with Crippen LogP contribution in [-0.4, -0.2) is 56.7 Å². The molecule has 482 valence electrons. The van der Waals surface area contributed by atoms with Crippen LogP contribution in [0.4, 0.5) is 0 Å². The standard InChI is InChI=1S/2C18H15P.C17H14N4O.C13H9BrN2O.C10H17BN2O2.2ClH.Pd/c2*1-4-10-16(11-5-1)19(17-12-6-2-7-13-17)18-14-8-3-9-15-18;1-20-10-14(9-18-20)12-4-6-13(7-5-12)15-11-21-8-2-3-16(21)17(22)19-15;14-10-5-3-9(4-6-10)11-8-16-7-1-2-12(16)13(17)15-11;1-9(2)10(3,4)15-11(14-9)8-6-12-13(5)7-8;;;/h2*1-15H;2-11H,1H3,(H,19,22);1-8H,(H,15,17);6-7H,1-5H3;2*1H;/q;;;;;;;+2/p-2. The number of fused-ring (bicyclic) bond motifs is 2. The normalized spacial score (nSPS) is 12.7. The molecule has 0 aliphatic carbocycles. The molecule has 2 N–H and O–H groups in total. The number of hydrogen-bond acceptors (Lipinski definition) is 6. The number of rotatable bonds is 10. The zero-order valence-corrected chi connectivity index (χ0v) is 59.5. The molecule has 95 heavy (non-hydrogen) atoms. The van der Waals surface area contributed by atoms with Gasteiger partial charge in [0.05, 0.1) is 28.8 Å². The molecule has 0 amide bonds. The van der Waals surface area contributed by atoms with Crippen LogP contribution < -0.4 is 48.4 Å². The fourth-order valence-electron chi connectivity index (χ4n) is 10.3. The molecule has 1 fully saturated rings. The number of benzene rings is 8. The van der Waals surface area contributed by atoms with Gasteiger partial charge in [0.25, 0.3) is 11.1 Å². The fraction of sp³-hybridized carbons (Fsp3) is 0.105. The van der Waals surface area contributed by atoms with Crippen molar-refractivity contribution in [3.63, 3.8) is 0 Å². The summed E-state index contributed by atoms with van der Waals surface area (Å²) in [7, 11) is 12.2. The SMILES string of the molecule is Cn1cc(-c2ccc(-c3cn4cccc4c(=O)[nH]3)cc2)cn1.Cn1cc(B2OC(C)(C)C(C)(C)O2)cn1.O=c1[nH]c(-c2ccc(Br)cc2)cn2cccc12.[Cl][Pd][Cl].c1ccc(P(c2ccccc2)c2ccccc2)cc1.c1ccc(P(c2ccccc2)c2ccccc2)cc1. The maximum absolute atomic E-state index is 12.0. The Morgan fingerprint density at radius 1 is 0.421 bits per heavy atom. The number of aromatic nitrogens is 8. The Morgan fingerprint density at radius 3 is 1.05 bits per heavy atom. The van der Waals surface area contributed by atoms with E-state index in [4.69, 9.17) is 28.4 Å². The molecule has 0 atom stereocenters. The predicted octanol–water partition coefficient (Wildman–Crippen LogP) is 14.7. The quantitative estimate of drug-likeness (QED) is 0.104. The van der Waals surface area contributed by atoms with E-state index in [-0.39, 0.29) is 45.4 Å². The summed E-state index contributed by atoms with van der Waals surface area (Å²) >= 11 is 3.28. The number of nitrogens with zero attached hydrogens (tertiary/aromatic N) is 6. The number of aromatic amines is 2. The third-order valence-electron chi connectivity index (χ3n) is 15.8. The largest absolute Gasteiger partial charge is 0.0622 e. The molecular weight excluding hydrogens is 1420 g/mol. The average Bonchev–Trinajstić information content (AvgIpc) is 1.70. The first-order valence-electron chi connectivity index (χ1n) is 30.4. The van der Waals surface area contributed by atoms with E-state index < -0.39 is 15.8 Å². The molecule has 1 saturated heterocycles. The Bertz CT molecular complexity index is 4460. The van der Waals surface area contributed by atoms with Crippen molar-refractivity contribution in [2.75, 3.05) is 0 Å². The van der Waals surface area contributed by atoms with E-state index in [1.165, 1.54) is 31.8 Å². The van der Waals surface area contributed by atoms with Gasteiger partial charge in [-0.1, -0.05) is 234 Å². The van der Waals surface area contributed by atoms with E-state index in [0.29, 0.717) is 11.0 Å². The summed E-state index contributed by atoms with van der Waals surface area (Å²) < 4.78 is 20.0. The number of hydrogen-bond donors (Lipinski definition) is 2. The van der Waals surface area contributed by atoms with Gasteiger partial charge in [0, 0.05) is 73.0 Å². The summed E-state index contributed by atoms with van der Waals surface area (Å²) in [5.74, 6) is 0. The Hall–Kier alpha value is -8.27. The first kappa shape index (κ1) is 69.6. The molecule has 12 nitrogen and oxygen atoms in total. The van der Waals surface area contributed by atoms with Crippen LogP contribution in [0, 0.1) is 0 Å². The second-order valence-electron chi connectivity index (χ2n) is 22.8. The molecule has 1 aliphatic heterocycles. The minimum absolute atomic E-state index is 0.0737. The van der Waals surface area contributed by atoms with E-state index in [1.54, 1.807) is 27.7 Å². The van der Waals surface area contributed by atoms with Crippen molar-refractivity contribution in [1.82, 2.24) is 38.3 Å². The monoisotopic (exact) mass is 1490 g/mol. The maximum Gasteiger partial charge on any atom is -0.0134 e. The Morgan fingerprint density at radius 2 is 0.737 bits per heavy atom. The molecule has 1 aliphatic rings. The molecule has 7 heterocycles. The molecule has 0 bridgehead atoms. The summed E-state index contributed by atoms with van der Waals surface area (Å²) in [5, 5.41) is 16.7. The average molecular weight is 1490 g/mol. The first-order valence-corrected chi connectivity index (χ1v) is 37.9. The summed E-state index contributed by atoms with van der Waals surface area (Å²) in [4.78, 5) is 29.7. The number of nitrogens with one attached hydrogen (secondary N) is 2. The van der Waals surface area contributed by atoms with Crippen LogP contribution in [0.2, 0.25) is 0 Å². The number of aryl methyl sites for hydroxylation is 2. The molecule has 14 aromatic rings. The number of H-pyrrole nitrogens is 2. The molecule has 8 aromatic carbocycles. The van der Waals surface area contributed by atoms with Gasteiger partial charge < -0.3 is 28.1 Å². The van der Waals surface area contributed by atoms with Crippen LogP contribution in [-0.2, 0) is 39.3 Å². The van der Waals surface area contributed by atoms with Crippen LogP contribution in [0.3, 0.4) is 0 Å². The van der Waals surface area contributed by atoms with Crippen LogP contribution in [0.25, 0.3) is 44.7 Å². The van der Waals surface area contributed by atoms with E-state index in [0.717, 1.165) is 43.6 Å². The smallest absolute Gasteiger partial charge is 0.0134 e. The second-order valence-corrected chi connectivity index (χ2v) is 30.6. The molecule has 0 spiro atoms. The van der Waals surface area contributed by atoms with Gasteiger partial charge in [-0.05, 0) is 128 Å². The Kier molecular flexibility index (Phi) is 24.5. The summed E-state index contributed by atoms with van der Waals surface area (Å²) in [6.07, 6.45) is 15.1. The van der Waals surface area contributed by atoms with Gasteiger partial charge in [-0.2, -0.15) is 10.2 Å². The first-order chi connectivity index (χ1) is 46.1. The van der Waals surface area contributed by atoms with Gasteiger partial charge in [0.2, 0.25) is 0 Å². The summed E-state index contributed by atoms with van der Waals surface area (Å²) in [5.41, 5.74) is 7.29. The van der Waals surface area contributed by atoms with E-state index in [9.17, 15) is 9.59 Å². The van der Waals surface area contributed by atoms with E-state index in [1.807, 2.05) is 155 Å². The van der Waals surface area contributed by atoms with Crippen molar-refractivity contribution in [2.45, 2.75) is 38.9 Å².